The summed E-state index contributed by atoms with van der Waals surface area (Å²) in [7, 11) is -14.7. The summed E-state index contributed by atoms with van der Waals surface area (Å²) in [6.45, 7) is 5.71. The molecule has 0 fully saturated rings. The van der Waals surface area contributed by atoms with Crippen LogP contribution in [0.3, 0.4) is 0 Å². The van der Waals surface area contributed by atoms with Gasteiger partial charge < -0.3 is 13.7 Å². The Morgan fingerprint density at radius 3 is 1.22 bits per heavy atom. The zero-order valence-electron chi connectivity index (χ0n) is 11.7. The van der Waals surface area contributed by atoms with Gasteiger partial charge in [-0.3, -0.25) is 13.7 Å². The molecule has 0 rings (SSSR count). The summed E-state index contributed by atoms with van der Waals surface area (Å²) in [6.07, 6.45) is 8.29. The first kappa shape index (κ1) is 34.1. The van der Waals surface area contributed by atoms with E-state index in [4.69, 9.17) is 52.6 Å². The van der Waals surface area contributed by atoms with Gasteiger partial charge in [-0.1, -0.05) is 38.2 Å². The predicted molar refractivity (Wildman–Crippen MR) is 77.0 cm³/mol. The molecule has 0 unspecified atom stereocenters. The van der Waals surface area contributed by atoms with Crippen LogP contribution in [0.25, 0.3) is 0 Å². The van der Waals surface area contributed by atoms with Crippen molar-refractivity contribution >= 4 is 48.6 Å². The summed E-state index contributed by atoms with van der Waals surface area (Å²) in [5.41, 5.74) is 0. The molecule has 0 atom stereocenters. The van der Waals surface area contributed by atoms with Crippen molar-refractivity contribution in [3.63, 3.8) is 0 Å². The van der Waals surface area contributed by atoms with Crippen LogP contribution in [0.5, 0.6) is 0 Å². The Labute approximate surface area is 145 Å². The molecule has 3 N–H and O–H groups in total. The predicted octanol–water partition coefficient (Wildman–Crippen LogP) is -0.838. The average molecular weight is 414 g/mol. The first-order valence-electron chi connectivity index (χ1n) is 4.74. The maximum Gasteiger partial charge on any atom is 3.00 e. The molecule has 23 heavy (non-hydrogen) atoms. The molecule has 12 nitrogen and oxygen atoms in total. The second kappa shape index (κ2) is 18.0. The van der Waals surface area contributed by atoms with Gasteiger partial charge in [0.2, 0.25) is 31.2 Å². The molecule has 0 heterocycles. The van der Waals surface area contributed by atoms with E-state index in [2.05, 4.69) is 19.6 Å². The summed E-state index contributed by atoms with van der Waals surface area (Å²) < 4.78 is 98.5. The van der Waals surface area contributed by atoms with Crippen molar-refractivity contribution in [2.24, 2.45) is 0 Å². The third kappa shape index (κ3) is 634. The third-order valence-electron chi connectivity index (χ3n) is 0.728. The molecule has 0 radical (unpaired) electrons. The largest absolute Gasteiger partial charge is 3.00 e. The normalized spacial score (nSPS) is 10.6. The quantitative estimate of drug-likeness (QED) is 0.222. The molecular formula is C7H15AlO12S3. The van der Waals surface area contributed by atoms with E-state index in [9.17, 15) is 0 Å². The van der Waals surface area contributed by atoms with Gasteiger partial charge in [-0.15, -0.1) is 0 Å². The minimum atomic E-state index is -4.92. The number of rotatable bonds is 3. The molecule has 0 saturated heterocycles. The van der Waals surface area contributed by atoms with E-state index in [-0.39, 0.29) is 17.4 Å². The molecule has 0 saturated carbocycles. The van der Waals surface area contributed by atoms with Gasteiger partial charge in [0.05, 0.1) is 0 Å². The van der Waals surface area contributed by atoms with Crippen LogP contribution in [0.2, 0.25) is 0 Å². The first-order valence-corrected chi connectivity index (χ1v) is 8.83. The van der Waals surface area contributed by atoms with Crippen LogP contribution in [0.1, 0.15) is 19.8 Å². The maximum atomic E-state index is 8.63. The molecule has 0 aliphatic carbocycles. The molecule has 0 bridgehead atoms. The van der Waals surface area contributed by atoms with Crippen molar-refractivity contribution in [1.29, 1.82) is 0 Å². The fourth-order valence-electron chi connectivity index (χ4n) is 0.359. The van der Waals surface area contributed by atoms with E-state index >= 15 is 0 Å². The van der Waals surface area contributed by atoms with E-state index < -0.39 is 31.2 Å². The zero-order valence-corrected chi connectivity index (χ0v) is 15.3. The minimum Gasteiger partial charge on any atom is -0.726 e. The van der Waals surface area contributed by atoms with Crippen LogP contribution in [0.4, 0.5) is 0 Å². The average Bonchev–Trinajstić information content (AvgIpc) is 2.10. The summed E-state index contributed by atoms with van der Waals surface area (Å²) in [6, 6.07) is 0. The van der Waals surface area contributed by atoms with Gasteiger partial charge in [-0.05, 0) is 6.42 Å². The Hall–Kier alpha value is -0.378. The molecule has 0 aliphatic rings. The smallest absolute Gasteiger partial charge is 0.726 e. The Bertz CT molecular complexity index is 493. The summed E-state index contributed by atoms with van der Waals surface area (Å²) in [5, 5.41) is 0. The summed E-state index contributed by atoms with van der Waals surface area (Å²) >= 11 is 0. The van der Waals surface area contributed by atoms with Gasteiger partial charge in [0.1, 0.15) is 0 Å². The number of hydrogen-bond acceptors (Lipinski definition) is 9. The van der Waals surface area contributed by atoms with Gasteiger partial charge in [-0.2, -0.15) is 0 Å². The first-order chi connectivity index (χ1) is 9.41. The molecular weight excluding hydrogens is 399 g/mol. The van der Waals surface area contributed by atoms with Gasteiger partial charge in [-0.25, -0.2) is 25.3 Å². The van der Waals surface area contributed by atoms with E-state index in [0.29, 0.717) is 0 Å². The molecule has 136 valence electrons. The van der Waals surface area contributed by atoms with Gasteiger partial charge >= 0.3 is 17.4 Å². The minimum absolute atomic E-state index is 0. The molecule has 0 aliphatic heterocycles. The van der Waals surface area contributed by atoms with Crippen molar-refractivity contribution in [3.05, 3.63) is 24.8 Å². The summed E-state index contributed by atoms with van der Waals surface area (Å²) in [5.74, 6) is 0. The molecule has 16 heteroatoms. The fraction of sp³-hybridized carbons (Fsp3) is 0.429. The van der Waals surface area contributed by atoms with Crippen molar-refractivity contribution in [2.45, 2.75) is 19.8 Å². The van der Waals surface area contributed by atoms with E-state index in [1.807, 2.05) is 6.08 Å². The van der Waals surface area contributed by atoms with Crippen molar-refractivity contribution < 1.29 is 52.6 Å². The second-order valence-electron chi connectivity index (χ2n) is 2.74. The topological polar surface area (TPSA) is 232 Å². The van der Waals surface area contributed by atoms with E-state index in [1.165, 1.54) is 12.8 Å². The van der Waals surface area contributed by atoms with Gasteiger partial charge in [0, 0.05) is 0 Å². The molecule has 0 aromatic rings. The Morgan fingerprint density at radius 1 is 0.870 bits per heavy atom. The fourth-order valence-corrected chi connectivity index (χ4v) is 0.359. The number of hydrogen-bond donors (Lipinski definition) is 3. The third-order valence-corrected chi connectivity index (χ3v) is 0.728. The molecule has 0 aromatic heterocycles. The van der Waals surface area contributed by atoms with Crippen LogP contribution in [-0.4, -0.2) is 69.9 Å². The van der Waals surface area contributed by atoms with Crippen LogP contribution < -0.4 is 0 Å². The molecule has 0 spiro atoms. The Balaban J connectivity index is -0.0000000625. The van der Waals surface area contributed by atoms with Gasteiger partial charge in [0.25, 0.3) is 0 Å². The number of unbranched alkanes of at least 4 members (excludes halogenated alkanes) is 1. The monoisotopic (exact) mass is 414 g/mol. The van der Waals surface area contributed by atoms with Crippen LogP contribution >= 0.6 is 0 Å². The van der Waals surface area contributed by atoms with Crippen LogP contribution in [0, 0.1) is 0 Å². The van der Waals surface area contributed by atoms with Crippen molar-refractivity contribution in [3.8, 4) is 0 Å². The number of allylic oxidation sites excluding steroid dienone is 3. The van der Waals surface area contributed by atoms with Crippen molar-refractivity contribution in [1.82, 2.24) is 0 Å². The molecule has 0 aromatic carbocycles. The van der Waals surface area contributed by atoms with Gasteiger partial charge in [0.15, 0.2) is 0 Å². The van der Waals surface area contributed by atoms with Crippen molar-refractivity contribution in [2.75, 3.05) is 0 Å². The Kier molecular flexibility index (Phi) is 26.6. The zero-order chi connectivity index (χ0) is 19.0. The Morgan fingerprint density at radius 2 is 1.09 bits per heavy atom. The van der Waals surface area contributed by atoms with Crippen LogP contribution in [-0.2, 0) is 31.2 Å². The SMILES string of the molecule is C=CC=CCCC.O=S(=O)([O-])O.O=S(=O)([O-])O.O=S(=O)([O-])O.[Al+3]. The summed E-state index contributed by atoms with van der Waals surface area (Å²) in [4.78, 5) is 0. The standard InChI is InChI=1S/C7H12.Al.3H2O4S/c1-3-5-7-6-4-2;;3*1-5(2,3)4/h3,5,7H,1,4,6H2,2H3;;3*(H2,1,2,3,4)/q;+3;;;/p-3. The van der Waals surface area contributed by atoms with E-state index in [1.54, 1.807) is 6.08 Å². The van der Waals surface area contributed by atoms with E-state index in [0.717, 1.165) is 0 Å². The maximum absolute atomic E-state index is 8.63. The van der Waals surface area contributed by atoms with Crippen LogP contribution in [0.15, 0.2) is 24.8 Å². The molecule has 0 amide bonds. The second-order valence-corrected chi connectivity index (χ2v) is 5.30.